The van der Waals surface area contributed by atoms with Crippen LogP contribution in [0.3, 0.4) is 0 Å². The van der Waals surface area contributed by atoms with Crippen molar-refractivity contribution in [2.24, 2.45) is 23.2 Å². The van der Waals surface area contributed by atoms with Crippen LogP contribution in [0.1, 0.15) is 190 Å². The molecule has 2 heteroatoms. The van der Waals surface area contributed by atoms with Gasteiger partial charge in [0.2, 0.25) is 0 Å². The summed E-state index contributed by atoms with van der Waals surface area (Å²) in [5.74, 6) is 1.80. The second-order valence-electron chi connectivity index (χ2n) is 19.0. The molecule has 0 saturated carbocycles. The third-order valence-electron chi connectivity index (χ3n) is 8.53. The Morgan fingerprint density at radius 3 is 1.86 bits per heavy atom. The molecule has 0 amide bonds. The molecular formula is C48H92N2. The molecule has 0 aromatic carbocycles. The van der Waals surface area contributed by atoms with Crippen LogP contribution in [-0.2, 0) is 0 Å². The van der Waals surface area contributed by atoms with Gasteiger partial charge < -0.3 is 10.6 Å². The number of piperidine rings is 1. The van der Waals surface area contributed by atoms with Crippen LogP contribution < -0.4 is 10.6 Å². The molecule has 2 nitrogen and oxygen atoms in total. The van der Waals surface area contributed by atoms with Crippen LogP contribution in [0.25, 0.3) is 0 Å². The van der Waals surface area contributed by atoms with Crippen LogP contribution in [0.15, 0.2) is 72.4 Å². The first-order valence-corrected chi connectivity index (χ1v) is 20.2. The highest BCUT2D eigenvalue weighted by molar-refractivity contribution is 5.32. The van der Waals surface area contributed by atoms with E-state index in [2.05, 4.69) is 199 Å². The van der Waals surface area contributed by atoms with Gasteiger partial charge in [0.1, 0.15) is 0 Å². The Labute approximate surface area is 317 Å². The summed E-state index contributed by atoms with van der Waals surface area (Å²) in [6.07, 6.45) is 24.9. The molecule has 0 bridgehead atoms. The molecule has 0 aromatic heterocycles. The summed E-state index contributed by atoms with van der Waals surface area (Å²) in [6.45, 7) is 52.9. The summed E-state index contributed by atoms with van der Waals surface area (Å²) >= 11 is 0. The summed E-state index contributed by atoms with van der Waals surface area (Å²) in [5, 5.41) is 7.50. The molecule has 1 fully saturated rings. The smallest absolute Gasteiger partial charge is 0.0160 e. The van der Waals surface area contributed by atoms with Crippen molar-refractivity contribution < 1.29 is 0 Å². The van der Waals surface area contributed by atoms with E-state index in [0.29, 0.717) is 5.92 Å². The monoisotopic (exact) mass is 697 g/mol. The van der Waals surface area contributed by atoms with Gasteiger partial charge >= 0.3 is 0 Å². The van der Waals surface area contributed by atoms with Crippen molar-refractivity contribution in [2.45, 2.75) is 212 Å². The van der Waals surface area contributed by atoms with Crippen LogP contribution >= 0.6 is 0 Å². The number of nitrogens with one attached hydrogen (secondary N) is 2. The van der Waals surface area contributed by atoms with Crippen molar-refractivity contribution in [2.75, 3.05) is 0 Å². The zero-order valence-electron chi connectivity index (χ0n) is 37.8. The molecule has 1 rings (SSSR count). The Bertz CT molecular complexity index is 1030. The molecule has 3 unspecified atom stereocenters. The highest BCUT2D eigenvalue weighted by Gasteiger charge is 2.40. The lowest BCUT2D eigenvalue weighted by Crippen LogP contribution is -2.59. The quantitative estimate of drug-likeness (QED) is 0.148. The second-order valence-corrected chi connectivity index (χ2v) is 19.0. The van der Waals surface area contributed by atoms with E-state index in [4.69, 9.17) is 0 Å². The maximum absolute atomic E-state index is 4.34. The largest absolute Gasteiger partial charge is 0.307 e. The standard InChI is InChI=1S/C20H35N.C14H24.C11H25N.C3H8/c1-8-11-18(10-3)16(4)13-17-14-19(5,6)21-20(7,15-17)12-9-2;1-7-9-10-13(14(4,5)6)11-12(3)8-2;1-9(2)8-11(6,7)12-10(3,4)5;1-3-2/h8,10-11,17-18,21H,3-4,9,12-15H2,1-2,5-7H3;8-11H,7H2,1-6H3;9,12H,8H2,1-7H3;3H2,1-2H3/b;10-9+,12-8-,13-11+;;. The van der Waals surface area contributed by atoms with Crippen LogP contribution in [0.4, 0.5) is 0 Å². The first-order valence-electron chi connectivity index (χ1n) is 20.2. The molecule has 0 spiro atoms. The summed E-state index contributed by atoms with van der Waals surface area (Å²) in [6, 6.07) is 0. The van der Waals surface area contributed by atoms with Gasteiger partial charge in [-0.3, -0.25) is 0 Å². The molecule has 50 heavy (non-hydrogen) atoms. The lowest BCUT2D eigenvalue weighted by Gasteiger charge is -2.49. The van der Waals surface area contributed by atoms with Crippen molar-refractivity contribution >= 4 is 0 Å². The number of rotatable bonds is 13. The van der Waals surface area contributed by atoms with Crippen molar-refractivity contribution in [3.05, 3.63) is 72.4 Å². The topological polar surface area (TPSA) is 24.1 Å². The van der Waals surface area contributed by atoms with E-state index >= 15 is 0 Å². The van der Waals surface area contributed by atoms with E-state index in [-0.39, 0.29) is 27.6 Å². The van der Waals surface area contributed by atoms with Crippen molar-refractivity contribution in [1.29, 1.82) is 0 Å². The Balaban J connectivity index is -0.000000666. The summed E-state index contributed by atoms with van der Waals surface area (Å²) < 4.78 is 0. The maximum Gasteiger partial charge on any atom is 0.0160 e. The lowest BCUT2D eigenvalue weighted by atomic mass is 9.71. The number of allylic oxidation sites excluding steroid dienone is 10. The Kier molecular flexibility index (Phi) is 26.7. The minimum Gasteiger partial charge on any atom is -0.307 e. The van der Waals surface area contributed by atoms with E-state index in [1.165, 1.54) is 55.2 Å². The molecule has 0 aliphatic carbocycles. The fourth-order valence-electron chi connectivity index (χ4n) is 7.48. The van der Waals surface area contributed by atoms with E-state index in [1.807, 2.05) is 6.08 Å². The van der Waals surface area contributed by atoms with E-state index < -0.39 is 0 Å². The molecule has 0 radical (unpaired) electrons. The predicted molar refractivity (Wildman–Crippen MR) is 234 cm³/mol. The third-order valence-corrected chi connectivity index (χ3v) is 8.53. The molecule has 1 aliphatic heterocycles. The van der Waals surface area contributed by atoms with Gasteiger partial charge in [-0.15, -0.1) is 6.58 Å². The van der Waals surface area contributed by atoms with E-state index in [9.17, 15) is 0 Å². The molecule has 1 saturated heterocycles. The Hall–Kier alpha value is -1.64. The molecule has 294 valence electrons. The van der Waals surface area contributed by atoms with Crippen molar-refractivity contribution in [3.8, 4) is 0 Å². The van der Waals surface area contributed by atoms with Gasteiger partial charge in [0.05, 0.1) is 0 Å². The SMILES string of the molecule is C=CC(C=CC)C(=C)CC1CC(C)(C)NC(C)(CCC)C1.CC(C)CC(C)(C)NC(C)(C)C.CCC.C\C=C(C)/C=C(\C=C\CC)C(C)(C)C. The molecule has 0 aromatic rings. The first-order chi connectivity index (χ1) is 22.7. The normalized spacial score (nSPS) is 20.7. The van der Waals surface area contributed by atoms with Crippen LogP contribution in [0.2, 0.25) is 0 Å². The van der Waals surface area contributed by atoms with Gasteiger partial charge in [-0.25, -0.2) is 0 Å². The summed E-state index contributed by atoms with van der Waals surface area (Å²) in [7, 11) is 0. The molecule has 1 aliphatic rings. The minimum absolute atomic E-state index is 0.220. The van der Waals surface area contributed by atoms with Crippen LogP contribution in [-0.4, -0.2) is 22.2 Å². The van der Waals surface area contributed by atoms with Crippen molar-refractivity contribution in [1.82, 2.24) is 10.6 Å². The Morgan fingerprint density at radius 1 is 0.940 bits per heavy atom. The fraction of sp³-hybridized carbons (Fsp3) is 0.750. The lowest BCUT2D eigenvalue weighted by molar-refractivity contribution is 0.108. The van der Waals surface area contributed by atoms with Crippen molar-refractivity contribution in [3.63, 3.8) is 0 Å². The second kappa shape index (κ2) is 25.4. The molecule has 3 atom stereocenters. The summed E-state index contributed by atoms with van der Waals surface area (Å²) in [5.41, 5.74) is 5.24. The maximum atomic E-state index is 4.34. The van der Waals surface area contributed by atoms with Gasteiger partial charge in [0.25, 0.3) is 0 Å². The Morgan fingerprint density at radius 2 is 1.48 bits per heavy atom. The van der Waals surface area contributed by atoms with E-state index in [1.54, 1.807) is 0 Å². The van der Waals surface area contributed by atoms with Gasteiger partial charge in [0.15, 0.2) is 0 Å². The third kappa shape index (κ3) is 28.0. The minimum atomic E-state index is 0.220. The van der Waals surface area contributed by atoms with Gasteiger partial charge in [0, 0.05) is 28.1 Å². The first kappa shape index (κ1) is 52.7. The van der Waals surface area contributed by atoms with Gasteiger partial charge in [-0.1, -0.05) is 135 Å². The molecular weight excluding hydrogens is 605 g/mol. The number of hydrogen-bond acceptors (Lipinski definition) is 2. The highest BCUT2D eigenvalue weighted by Crippen LogP contribution is 2.39. The summed E-state index contributed by atoms with van der Waals surface area (Å²) in [4.78, 5) is 0. The average molecular weight is 697 g/mol. The fourth-order valence-corrected chi connectivity index (χ4v) is 7.48. The van der Waals surface area contributed by atoms with Crippen LogP contribution in [0.5, 0.6) is 0 Å². The molecule has 2 N–H and O–H groups in total. The van der Waals surface area contributed by atoms with Crippen LogP contribution in [0, 0.1) is 23.2 Å². The van der Waals surface area contributed by atoms with E-state index in [0.717, 1.165) is 24.7 Å². The molecule has 1 heterocycles. The van der Waals surface area contributed by atoms with Gasteiger partial charge in [-0.05, 0) is 138 Å². The number of hydrogen-bond donors (Lipinski definition) is 2. The predicted octanol–water partition coefficient (Wildman–Crippen LogP) is 15.2. The average Bonchev–Trinajstić information content (AvgIpc) is 2.91. The van der Waals surface area contributed by atoms with Gasteiger partial charge in [-0.2, -0.15) is 0 Å². The zero-order chi connectivity index (χ0) is 40.0. The zero-order valence-corrected chi connectivity index (χ0v) is 37.8. The highest BCUT2D eigenvalue weighted by atomic mass is 15.1.